The van der Waals surface area contributed by atoms with E-state index in [9.17, 15) is 4.79 Å². The van der Waals surface area contributed by atoms with Gasteiger partial charge in [0.15, 0.2) is 0 Å². The van der Waals surface area contributed by atoms with Crippen LogP contribution in [0, 0.1) is 0 Å². The summed E-state index contributed by atoms with van der Waals surface area (Å²) in [5, 5.41) is 2.00. The Hall–Kier alpha value is -0.870. The van der Waals surface area contributed by atoms with Gasteiger partial charge in [-0.2, -0.15) is 0 Å². The molecule has 0 aliphatic carbocycles. The largest absolute Gasteiger partial charge is 0.335 e. The van der Waals surface area contributed by atoms with Crippen LogP contribution in [-0.2, 0) is 0 Å². The lowest BCUT2D eigenvalue weighted by Gasteiger charge is -2.36. The number of hydrogen-bond donors (Lipinski definition) is 0. The molecule has 1 amide bonds. The molecule has 22 heavy (non-hydrogen) atoms. The van der Waals surface area contributed by atoms with Crippen molar-refractivity contribution in [1.82, 2.24) is 9.80 Å². The Morgan fingerprint density at radius 1 is 1.09 bits per heavy atom. The fraction of sp³-hybridized carbons (Fsp3) is 0.722. The topological polar surface area (TPSA) is 23.6 Å². The molecule has 2 aliphatic heterocycles. The van der Waals surface area contributed by atoms with Gasteiger partial charge in [0.1, 0.15) is 0 Å². The first-order chi connectivity index (χ1) is 10.8. The Morgan fingerprint density at radius 3 is 2.59 bits per heavy atom. The van der Waals surface area contributed by atoms with Crippen LogP contribution in [0.2, 0.25) is 0 Å². The third kappa shape index (κ3) is 4.11. The van der Waals surface area contributed by atoms with Gasteiger partial charge in [0, 0.05) is 19.1 Å². The molecular weight excluding hydrogens is 292 g/mol. The predicted molar refractivity (Wildman–Crippen MR) is 92.5 cm³/mol. The normalized spacial score (nSPS) is 24.2. The van der Waals surface area contributed by atoms with Gasteiger partial charge in [-0.15, -0.1) is 11.3 Å². The quantitative estimate of drug-likeness (QED) is 0.837. The Kier molecular flexibility index (Phi) is 5.90. The molecule has 0 spiro atoms. The van der Waals surface area contributed by atoms with E-state index in [1.54, 1.807) is 11.3 Å². The number of carbonyl (C=O) groups excluding carboxylic acids is 1. The van der Waals surface area contributed by atoms with E-state index in [0.717, 1.165) is 24.3 Å². The highest BCUT2D eigenvalue weighted by molar-refractivity contribution is 7.12. The number of carbonyl (C=O) groups is 1. The minimum atomic E-state index is 0.260. The van der Waals surface area contributed by atoms with Crippen LogP contribution in [0.3, 0.4) is 0 Å². The van der Waals surface area contributed by atoms with Crippen LogP contribution in [0.25, 0.3) is 0 Å². The van der Waals surface area contributed by atoms with Crippen molar-refractivity contribution in [3.05, 3.63) is 22.4 Å². The fourth-order valence-electron chi connectivity index (χ4n) is 3.80. The van der Waals surface area contributed by atoms with Gasteiger partial charge in [-0.1, -0.05) is 18.9 Å². The highest BCUT2D eigenvalue weighted by Crippen LogP contribution is 2.24. The van der Waals surface area contributed by atoms with Crippen molar-refractivity contribution in [3.63, 3.8) is 0 Å². The molecule has 0 unspecified atom stereocenters. The average molecular weight is 321 g/mol. The SMILES string of the molecule is O=C(c1cccs1)N1CCCC[C@@H]1CCN1CCCCCC1. The zero-order valence-corrected chi connectivity index (χ0v) is 14.3. The number of nitrogens with zero attached hydrogens (tertiary/aromatic N) is 2. The summed E-state index contributed by atoms with van der Waals surface area (Å²) >= 11 is 1.57. The molecule has 0 radical (unpaired) electrons. The molecule has 1 aromatic heterocycles. The van der Waals surface area contributed by atoms with Crippen LogP contribution in [-0.4, -0.2) is 47.9 Å². The smallest absolute Gasteiger partial charge is 0.264 e. The van der Waals surface area contributed by atoms with E-state index in [4.69, 9.17) is 0 Å². The summed E-state index contributed by atoms with van der Waals surface area (Å²) in [4.78, 5) is 18.4. The first-order valence-electron chi connectivity index (χ1n) is 8.91. The van der Waals surface area contributed by atoms with Crippen LogP contribution < -0.4 is 0 Å². The Balaban J connectivity index is 1.56. The van der Waals surface area contributed by atoms with Crippen molar-refractivity contribution >= 4 is 17.2 Å². The molecule has 1 atom stereocenters. The van der Waals surface area contributed by atoms with Crippen molar-refractivity contribution in [2.24, 2.45) is 0 Å². The molecule has 4 heteroatoms. The van der Waals surface area contributed by atoms with Crippen molar-refractivity contribution < 1.29 is 4.79 Å². The van der Waals surface area contributed by atoms with E-state index < -0.39 is 0 Å². The zero-order chi connectivity index (χ0) is 15.2. The third-order valence-electron chi connectivity index (χ3n) is 5.10. The van der Waals surface area contributed by atoms with Crippen molar-refractivity contribution in [1.29, 1.82) is 0 Å². The molecule has 0 N–H and O–H groups in total. The molecule has 3 rings (SSSR count). The first-order valence-corrected chi connectivity index (χ1v) is 9.79. The summed E-state index contributed by atoms with van der Waals surface area (Å²) < 4.78 is 0. The standard InChI is InChI=1S/C18H28N2OS/c21-18(17-9-7-15-22-17)20-13-6-3-8-16(20)10-14-19-11-4-1-2-5-12-19/h7,9,15-16H,1-6,8,10-14H2/t16-/m1/s1. The van der Waals surface area contributed by atoms with Gasteiger partial charge in [-0.05, 0) is 63.1 Å². The van der Waals surface area contributed by atoms with Crippen molar-refractivity contribution in [2.45, 2.75) is 57.4 Å². The minimum Gasteiger partial charge on any atom is -0.335 e. The fourth-order valence-corrected chi connectivity index (χ4v) is 4.48. The van der Waals surface area contributed by atoms with Crippen LogP contribution >= 0.6 is 11.3 Å². The second-order valence-electron chi connectivity index (χ2n) is 6.67. The first kappa shape index (κ1) is 16.0. The van der Waals surface area contributed by atoms with Crippen LogP contribution in [0.4, 0.5) is 0 Å². The summed E-state index contributed by atoms with van der Waals surface area (Å²) in [6.07, 6.45) is 10.3. The number of hydrogen-bond acceptors (Lipinski definition) is 3. The summed E-state index contributed by atoms with van der Waals surface area (Å²) in [6.45, 7) is 4.62. The highest BCUT2D eigenvalue weighted by atomic mass is 32.1. The maximum atomic E-state index is 12.7. The summed E-state index contributed by atoms with van der Waals surface area (Å²) in [6, 6.07) is 4.40. The zero-order valence-electron chi connectivity index (χ0n) is 13.5. The lowest BCUT2D eigenvalue weighted by atomic mass is 9.98. The predicted octanol–water partition coefficient (Wildman–Crippen LogP) is 4.01. The number of piperidine rings is 1. The summed E-state index contributed by atoms with van der Waals surface area (Å²) in [5.74, 6) is 0.260. The van der Waals surface area contributed by atoms with Crippen molar-refractivity contribution in [2.75, 3.05) is 26.2 Å². The molecule has 3 heterocycles. The van der Waals surface area contributed by atoms with Crippen LogP contribution in [0.5, 0.6) is 0 Å². The van der Waals surface area contributed by atoms with Gasteiger partial charge in [0.05, 0.1) is 4.88 Å². The molecule has 2 fully saturated rings. The summed E-state index contributed by atoms with van der Waals surface area (Å²) in [7, 11) is 0. The number of likely N-dealkylation sites (tertiary alicyclic amines) is 2. The Morgan fingerprint density at radius 2 is 1.86 bits per heavy atom. The van der Waals surface area contributed by atoms with E-state index in [1.807, 2.05) is 17.5 Å². The Labute approximate surface area is 138 Å². The third-order valence-corrected chi connectivity index (χ3v) is 5.96. The lowest BCUT2D eigenvalue weighted by Crippen LogP contribution is -2.45. The molecule has 0 saturated carbocycles. The number of amides is 1. The van der Waals surface area contributed by atoms with Gasteiger partial charge in [0.25, 0.3) is 5.91 Å². The maximum absolute atomic E-state index is 12.7. The molecule has 122 valence electrons. The summed E-state index contributed by atoms with van der Waals surface area (Å²) in [5.41, 5.74) is 0. The average Bonchev–Trinajstić information content (AvgIpc) is 2.97. The molecule has 2 saturated heterocycles. The molecule has 3 nitrogen and oxygen atoms in total. The molecule has 0 aromatic carbocycles. The van der Waals surface area contributed by atoms with E-state index in [2.05, 4.69) is 9.80 Å². The monoisotopic (exact) mass is 320 g/mol. The van der Waals surface area contributed by atoms with E-state index in [1.165, 1.54) is 58.2 Å². The molecular formula is C18H28N2OS. The lowest BCUT2D eigenvalue weighted by molar-refractivity contribution is 0.0589. The number of thiophene rings is 1. The van der Waals surface area contributed by atoms with E-state index in [0.29, 0.717) is 6.04 Å². The minimum absolute atomic E-state index is 0.260. The molecule has 0 bridgehead atoms. The van der Waals surface area contributed by atoms with Gasteiger partial charge in [0.2, 0.25) is 0 Å². The van der Waals surface area contributed by atoms with Crippen molar-refractivity contribution in [3.8, 4) is 0 Å². The van der Waals surface area contributed by atoms with E-state index >= 15 is 0 Å². The second-order valence-corrected chi connectivity index (χ2v) is 7.62. The van der Waals surface area contributed by atoms with Gasteiger partial charge < -0.3 is 9.80 Å². The molecule has 2 aliphatic rings. The van der Waals surface area contributed by atoms with Crippen LogP contribution in [0.15, 0.2) is 17.5 Å². The second kappa shape index (κ2) is 8.11. The molecule has 1 aromatic rings. The van der Waals surface area contributed by atoms with Gasteiger partial charge in [-0.3, -0.25) is 4.79 Å². The highest BCUT2D eigenvalue weighted by Gasteiger charge is 2.28. The van der Waals surface area contributed by atoms with Gasteiger partial charge >= 0.3 is 0 Å². The number of rotatable bonds is 4. The maximum Gasteiger partial charge on any atom is 0.264 e. The van der Waals surface area contributed by atoms with E-state index in [-0.39, 0.29) is 5.91 Å². The Bertz CT molecular complexity index is 452. The van der Waals surface area contributed by atoms with Gasteiger partial charge in [-0.25, -0.2) is 0 Å². The van der Waals surface area contributed by atoms with Crippen LogP contribution in [0.1, 0.15) is 61.0 Å².